The zero-order valence-electron chi connectivity index (χ0n) is 7.31. The van der Waals surface area contributed by atoms with Crippen LogP contribution in [0.15, 0.2) is 0 Å². The third-order valence-electron chi connectivity index (χ3n) is 1.07. The van der Waals surface area contributed by atoms with Crippen molar-refractivity contribution in [1.82, 2.24) is 5.48 Å². The summed E-state index contributed by atoms with van der Waals surface area (Å²) in [6.07, 6.45) is 0. The van der Waals surface area contributed by atoms with Crippen molar-refractivity contribution >= 4 is 5.91 Å². The summed E-state index contributed by atoms with van der Waals surface area (Å²) in [5.41, 5.74) is 7.04. The van der Waals surface area contributed by atoms with Crippen LogP contribution < -0.4 is 11.2 Å². The van der Waals surface area contributed by atoms with E-state index < -0.39 is 5.41 Å². The normalized spacial score (nSPS) is 11.3. The second kappa shape index (κ2) is 4.31. The lowest BCUT2D eigenvalue weighted by Gasteiger charge is -2.16. The Morgan fingerprint density at radius 1 is 1.55 bits per heavy atom. The molecule has 0 fully saturated rings. The number of hydroxylamine groups is 1. The first-order valence-corrected chi connectivity index (χ1v) is 3.61. The van der Waals surface area contributed by atoms with Crippen molar-refractivity contribution in [2.75, 3.05) is 13.2 Å². The second-order valence-corrected chi connectivity index (χ2v) is 3.32. The number of carbonyl (C=O) groups is 1. The molecule has 0 aliphatic carbocycles. The van der Waals surface area contributed by atoms with E-state index in [-0.39, 0.29) is 5.91 Å². The molecule has 0 bridgehead atoms. The summed E-state index contributed by atoms with van der Waals surface area (Å²) < 4.78 is 0. The Balaban J connectivity index is 3.54. The Hall–Kier alpha value is -0.610. The highest BCUT2D eigenvalue weighted by atomic mass is 16.6. The van der Waals surface area contributed by atoms with E-state index in [1.807, 2.05) is 20.8 Å². The molecule has 4 nitrogen and oxygen atoms in total. The van der Waals surface area contributed by atoms with Crippen molar-refractivity contribution in [3.05, 3.63) is 0 Å². The first-order chi connectivity index (χ1) is 4.98. The molecule has 4 heteroatoms. The molecule has 0 aliphatic rings. The zero-order chi connectivity index (χ0) is 8.91. The van der Waals surface area contributed by atoms with Crippen molar-refractivity contribution in [2.24, 2.45) is 11.1 Å². The maximum absolute atomic E-state index is 11.1. The summed E-state index contributed by atoms with van der Waals surface area (Å²) in [6.45, 7) is 6.20. The smallest absolute Gasteiger partial charge is 0.248 e. The van der Waals surface area contributed by atoms with Gasteiger partial charge in [0.15, 0.2) is 0 Å². The first-order valence-electron chi connectivity index (χ1n) is 3.61. The molecule has 0 rings (SSSR count). The molecule has 11 heavy (non-hydrogen) atoms. The molecule has 0 saturated carbocycles. The van der Waals surface area contributed by atoms with Gasteiger partial charge in [0, 0.05) is 12.0 Å². The summed E-state index contributed by atoms with van der Waals surface area (Å²) in [5.74, 6) is -0.133. The fourth-order valence-corrected chi connectivity index (χ4v) is 0.329. The third-order valence-corrected chi connectivity index (χ3v) is 1.07. The van der Waals surface area contributed by atoms with Gasteiger partial charge in [-0.2, -0.15) is 0 Å². The highest BCUT2D eigenvalue weighted by Crippen LogP contribution is 2.11. The fourth-order valence-electron chi connectivity index (χ4n) is 0.329. The number of hydrogen-bond donors (Lipinski definition) is 2. The maximum atomic E-state index is 11.1. The Labute approximate surface area is 67.0 Å². The van der Waals surface area contributed by atoms with Crippen LogP contribution in [0.4, 0.5) is 0 Å². The van der Waals surface area contributed by atoms with Crippen molar-refractivity contribution in [1.29, 1.82) is 0 Å². The van der Waals surface area contributed by atoms with Gasteiger partial charge in [-0.3, -0.25) is 9.63 Å². The van der Waals surface area contributed by atoms with E-state index in [0.29, 0.717) is 13.2 Å². The summed E-state index contributed by atoms with van der Waals surface area (Å²) >= 11 is 0. The molecule has 0 aromatic rings. The highest BCUT2D eigenvalue weighted by Gasteiger charge is 2.20. The topological polar surface area (TPSA) is 64.3 Å². The lowest BCUT2D eigenvalue weighted by atomic mass is 9.96. The van der Waals surface area contributed by atoms with Gasteiger partial charge in [0.1, 0.15) is 0 Å². The lowest BCUT2D eigenvalue weighted by Crippen LogP contribution is -2.35. The van der Waals surface area contributed by atoms with E-state index in [1.54, 1.807) is 0 Å². The molecule has 1 amide bonds. The lowest BCUT2D eigenvalue weighted by molar-refractivity contribution is -0.141. The van der Waals surface area contributed by atoms with Gasteiger partial charge >= 0.3 is 0 Å². The van der Waals surface area contributed by atoms with E-state index in [0.717, 1.165) is 0 Å². The van der Waals surface area contributed by atoms with Crippen LogP contribution in [-0.4, -0.2) is 19.1 Å². The molecule has 0 saturated heterocycles. The monoisotopic (exact) mass is 160 g/mol. The van der Waals surface area contributed by atoms with Crippen LogP contribution >= 0.6 is 0 Å². The number of amides is 1. The van der Waals surface area contributed by atoms with E-state index >= 15 is 0 Å². The standard InChI is InChI=1S/C7H16N2O2/c1-7(2,3)6(10)9-11-5-4-8/h4-5,8H2,1-3H3,(H,9,10). The van der Waals surface area contributed by atoms with Crippen LogP contribution in [0.5, 0.6) is 0 Å². The van der Waals surface area contributed by atoms with Gasteiger partial charge in [-0.25, -0.2) is 5.48 Å². The molecule has 0 aromatic carbocycles. The minimum absolute atomic E-state index is 0.133. The van der Waals surface area contributed by atoms with Crippen molar-refractivity contribution < 1.29 is 9.63 Å². The van der Waals surface area contributed by atoms with Crippen LogP contribution in [0.1, 0.15) is 20.8 Å². The molecule has 3 N–H and O–H groups in total. The maximum Gasteiger partial charge on any atom is 0.248 e. The summed E-state index contributed by atoms with van der Waals surface area (Å²) in [6, 6.07) is 0. The summed E-state index contributed by atoms with van der Waals surface area (Å²) in [5, 5.41) is 0. The van der Waals surface area contributed by atoms with Crippen LogP contribution in [0.2, 0.25) is 0 Å². The van der Waals surface area contributed by atoms with Crippen LogP contribution in [-0.2, 0) is 9.63 Å². The molecular formula is C7H16N2O2. The molecule has 0 atom stereocenters. The van der Waals surface area contributed by atoms with Crippen molar-refractivity contribution in [2.45, 2.75) is 20.8 Å². The third kappa shape index (κ3) is 4.75. The average molecular weight is 160 g/mol. The van der Waals surface area contributed by atoms with Crippen LogP contribution in [0.25, 0.3) is 0 Å². The quantitative estimate of drug-likeness (QED) is 0.452. The predicted molar refractivity (Wildman–Crippen MR) is 42.6 cm³/mol. The largest absolute Gasteiger partial charge is 0.328 e. The molecule has 0 radical (unpaired) electrons. The SMILES string of the molecule is CC(C)(C)C(=O)NOCCN. The van der Waals surface area contributed by atoms with E-state index in [9.17, 15) is 4.79 Å². The van der Waals surface area contributed by atoms with Crippen molar-refractivity contribution in [3.63, 3.8) is 0 Å². The molecule has 0 unspecified atom stereocenters. The average Bonchev–Trinajstić information content (AvgIpc) is 1.86. The van der Waals surface area contributed by atoms with Crippen LogP contribution in [0.3, 0.4) is 0 Å². The van der Waals surface area contributed by atoms with Gasteiger partial charge < -0.3 is 5.73 Å². The molecule has 0 spiro atoms. The number of rotatable bonds is 3. The van der Waals surface area contributed by atoms with Crippen LogP contribution in [0, 0.1) is 5.41 Å². The summed E-state index contributed by atoms with van der Waals surface area (Å²) in [4.78, 5) is 15.8. The van der Waals surface area contributed by atoms with E-state index in [4.69, 9.17) is 10.6 Å². The highest BCUT2D eigenvalue weighted by molar-refractivity contribution is 5.80. The number of carbonyl (C=O) groups excluding carboxylic acids is 1. The van der Waals surface area contributed by atoms with E-state index in [2.05, 4.69) is 5.48 Å². The first kappa shape index (κ1) is 10.4. The second-order valence-electron chi connectivity index (χ2n) is 3.32. The van der Waals surface area contributed by atoms with Gasteiger partial charge in [-0.15, -0.1) is 0 Å². The van der Waals surface area contributed by atoms with Gasteiger partial charge in [0.2, 0.25) is 5.91 Å². The van der Waals surface area contributed by atoms with Gasteiger partial charge in [-0.1, -0.05) is 20.8 Å². The molecule has 0 heterocycles. The number of hydrogen-bond acceptors (Lipinski definition) is 3. The Kier molecular flexibility index (Phi) is 4.07. The zero-order valence-corrected chi connectivity index (χ0v) is 7.31. The Bertz CT molecular complexity index is 129. The minimum Gasteiger partial charge on any atom is -0.328 e. The van der Waals surface area contributed by atoms with Gasteiger partial charge in [0.05, 0.1) is 6.61 Å². The fraction of sp³-hybridized carbons (Fsp3) is 0.857. The molecule has 0 aromatic heterocycles. The Morgan fingerprint density at radius 3 is 2.45 bits per heavy atom. The Morgan fingerprint density at radius 2 is 2.09 bits per heavy atom. The number of nitrogens with one attached hydrogen (secondary N) is 1. The molecule has 0 aliphatic heterocycles. The minimum atomic E-state index is -0.408. The number of nitrogens with two attached hydrogens (primary N) is 1. The summed E-state index contributed by atoms with van der Waals surface area (Å²) in [7, 11) is 0. The molecule has 66 valence electrons. The van der Waals surface area contributed by atoms with Gasteiger partial charge in [-0.05, 0) is 0 Å². The predicted octanol–water partition coefficient (Wildman–Crippen LogP) is 0.0390. The van der Waals surface area contributed by atoms with Gasteiger partial charge in [0.25, 0.3) is 0 Å². The van der Waals surface area contributed by atoms with Crippen molar-refractivity contribution in [3.8, 4) is 0 Å². The molecular weight excluding hydrogens is 144 g/mol. The van der Waals surface area contributed by atoms with E-state index in [1.165, 1.54) is 0 Å².